The minimum atomic E-state index is -0.422. The molecule has 1 aliphatic rings. The number of amides is 1. The smallest absolute Gasteiger partial charge is 0.410 e. The second-order valence-electron chi connectivity index (χ2n) is 6.19. The van der Waals surface area contributed by atoms with Gasteiger partial charge in [0.15, 0.2) is 0 Å². The molecule has 0 fully saturated rings. The van der Waals surface area contributed by atoms with Gasteiger partial charge in [-0.15, -0.1) is 11.3 Å². The standard InChI is InChI=1S/C15H23NO2S/c1-15(2,3)18-14(17)16(4)12-6-5-11-9-10-19-13(11)8-7-12/h9-10,12H,5-8H2,1-4H3. The fourth-order valence-electron chi connectivity index (χ4n) is 2.44. The van der Waals surface area contributed by atoms with Gasteiger partial charge in [-0.25, -0.2) is 4.79 Å². The van der Waals surface area contributed by atoms with E-state index >= 15 is 0 Å². The molecule has 2 rings (SSSR count). The molecule has 1 amide bonds. The summed E-state index contributed by atoms with van der Waals surface area (Å²) in [4.78, 5) is 15.4. The third-order valence-electron chi connectivity index (χ3n) is 3.52. The molecule has 4 heteroatoms. The Morgan fingerprint density at radius 1 is 1.37 bits per heavy atom. The maximum Gasteiger partial charge on any atom is 0.410 e. The van der Waals surface area contributed by atoms with Crippen LogP contribution in [0.15, 0.2) is 11.4 Å². The van der Waals surface area contributed by atoms with Gasteiger partial charge >= 0.3 is 6.09 Å². The van der Waals surface area contributed by atoms with E-state index in [2.05, 4.69) is 11.4 Å². The molecular formula is C15H23NO2S. The molecule has 3 nitrogen and oxygen atoms in total. The van der Waals surface area contributed by atoms with E-state index in [1.165, 1.54) is 10.4 Å². The number of aryl methyl sites for hydroxylation is 2. The predicted molar refractivity (Wildman–Crippen MR) is 78.7 cm³/mol. The molecule has 0 spiro atoms. The zero-order chi connectivity index (χ0) is 14.0. The van der Waals surface area contributed by atoms with E-state index in [0.29, 0.717) is 0 Å². The van der Waals surface area contributed by atoms with Crippen LogP contribution in [-0.4, -0.2) is 29.7 Å². The summed E-state index contributed by atoms with van der Waals surface area (Å²) in [5.74, 6) is 0. The van der Waals surface area contributed by atoms with Gasteiger partial charge in [-0.3, -0.25) is 0 Å². The van der Waals surface area contributed by atoms with Crippen LogP contribution in [0.25, 0.3) is 0 Å². The molecular weight excluding hydrogens is 258 g/mol. The van der Waals surface area contributed by atoms with Gasteiger partial charge in [0.2, 0.25) is 0 Å². The molecule has 0 radical (unpaired) electrons. The third-order valence-corrected chi connectivity index (χ3v) is 4.54. The molecule has 1 aliphatic carbocycles. The first-order valence-electron chi connectivity index (χ1n) is 6.88. The first kappa shape index (κ1) is 14.4. The molecule has 0 aromatic carbocycles. The normalized spacial score (nSPS) is 19.5. The highest BCUT2D eigenvalue weighted by Gasteiger charge is 2.27. The fraction of sp³-hybridized carbons (Fsp3) is 0.667. The molecule has 0 aliphatic heterocycles. The van der Waals surface area contributed by atoms with Crippen LogP contribution in [0.4, 0.5) is 4.79 Å². The third kappa shape index (κ3) is 3.72. The number of rotatable bonds is 1. The lowest BCUT2D eigenvalue weighted by molar-refractivity contribution is 0.0209. The van der Waals surface area contributed by atoms with Crippen LogP contribution >= 0.6 is 11.3 Å². The molecule has 1 atom stereocenters. The highest BCUT2D eigenvalue weighted by Crippen LogP contribution is 2.27. The molecule has 19 heavy (non-hydrogen) atoms. The summed E-state index contributed by atoms with van der Waals surface area (Å²) in [6, 6.07) is 2.50. The van der Waals surface area contributed by atoms with Gasteiger partial charge < -0.3 is 9.64 Å². The van der Waals surface area contributed by atoms with Crippen molar-refractivity contribution < 1.29 is 9.53 Å². The number of thiophene rings is 1. The van der Waals surface area contributed by atoms with Crippen molar-refractivity contribution in [3.05, 3.63) is 21.9 Å². The number of carbonyl (C=O) groups is 1. The molecule has 0 N–H and O–H groups in total. The Balaban J connectivity index is 1.96. The highest BCUT2D eigenvalue weighted by molar-refractivity contribution is 7.10. The summed E-state index contributed by atoms with van der Waals surface area (Å²) in [6.45, 7) is 5.72. The van der Waals surface area contributed by atoms with Gasteiger partial charge in [-0.1, -0.05) is 0 Å². The zero-order valence-corrected chi connectivity index (χ0v) is 13.0. The molecule has 0 bridgehead atoms. The number of ether oxygens (including phenoxy) is 1. The number of fused-ring (bicyclic) bond motifs is 1. The highest BCUT2D eigenvalue weighted by atomic mass is 32.1. The van der Waals surface area contributed by atoms with Crippen LogP contribution < -0.4 is 0 Å². The molecule has 1 aromatic heterocycles. The Morgan fingerprint density at radius 3 is 2.74 bits per heavy atom. The molecule has 1 heterocycles. The summed E-state index contributed by atoms with van der Waals surface area (Å²) in [6.07, 6.45) is 3.99. The van der Waals surface area contributed by atoms with E-state index in [9.17, 15) is 4.79 Å². The molecule has 0 saturated carbocycles. The van der Waals surface area contributed by atoms with Crippen molar-refractivity contribution in [3.8, 4) is 0 Å². The number of carbonyl (C=O) groups excluding carboxylic acids is 1. The Kier molecular flexibility index (Phi) is 4.19. The predicted octanol–water partition coefficient (Wildman–Crippen LogP) is 3.86. The van der Waals surface area contributed by atoms with Crippen LogP contribution in [0.3, 0.4) is 0 Å². The van der Waals surface area contributed by atoms with Gasteiger partial charge in [0.25, 0.3) is 0 Å². The summed E-state index contributed by atoms with van der Waals surface area (Å²) < 4.78 is 5.44. The van der Waals surface area contributed by atoms with E-state index in [4.69, 9.17) is 4.74 Å². The van der Waals surface area contributed by atoms with Crippen LogP contribution in [0.5, 0.6) is 0 Å². The monoisotopic (exact) mass is 281 g/mol. The van der Waals surface area contributed by atoms with Gasteiger partial charge in [-0.2, -0.15) is 0 Å². The van der Waals surface area contributed by atoms with Crippen molar-refractivity contribution in [1.29, 1.82) is 0 Å². The Morgan fingerprint density at radius 2 is 2.05 bits per heavy atom. The maximum atomic E-state index is 12.1. The van der Waals surface area contributed by atoms with Crippen molar-refractivity contribution in [3.63, 3.8) is 0 Å². The minimum Gasteiger partial charge on any atom is -0.444 e. The Labute approximate surface area is 119 Å². The number of nitrogens with zero attached hydrogens (tertiary/aromatic N) is 1. The number of hydrogen-bond donors (Lipinski definition) is 0. The van der Waals surface area contributed by atoms with Gasteiger partial charge in [0.1, 0.15) is 5.60 Å². The average molecular weight is 281 g/mol. The first-order valence-corrected chi connectivity index (χ1v) is 7.76. The van der Waals surface area contributed by atoms with Crippen molar-refractivity contribution in [2.45, 2.75) is 58.1 Å². The molecule has 1 unspecified atom stereocenters. The lowest BCUT2D eigenvalue weighted by Gasteiger charge is -2.30. The molecule has 106 valence electrons. The summed E-state index contributed by atoms with van der Waals surface area (Å²) in [5, 5.41) is 2.17. The first-order chi connectivity index (χ1) is 8.87. The summed E-state index contributed by atoms with van der Waals surface area (Å²) >= 11 is 1.84. The van der Waals surface area contributed by atoms with Crippen molar-refractivity contribution in [1.82, 2.24) is 4.90 Å². The lowest BCUT2D eigenvalue weighted by Crippen LogP contribution is -2.40. The quantitative estimate of drug-likeness (QED) is 0.731. The summed E-state index contributed by atoms with van der Waals surface area (Å²) in [7, 11) is 1.86. The lowest BCUT2D eigenvalue weighted by atomic mass is 10.1. The average Bonchev–Trinajstić information content (AvgIpc) is 2.65. The van der Waals surface area contributed by atoms with E-state index < -0.39 is 5.60 Å². The van der Waals surface area contributed by atoms with E-state index in [1.54, 1.807) is 4.90 Å². The van der Waals surface area contributed by atoms with Gasteiger partial charge in [0.05, 0.1) is 0 Å². The summed E-state index contributed by atoms with van der Waals surface area (Å²) in [5.41, 5.74) is 1.04. The topological polar surface area (TPSA) is 29.5 Å². The van der Waals surface area contributed by atoms with Crippen molar-refractivity contribution in [2.75, 3.05) is 7.05 Å². The van der Waals surface area contributed by atoms with E-state index in [0.717, 1.165) is 25.7 Å². The fourth-order valence-corrected chi connectivity index (χ4v) is 3.40. The van der Waals surface area contributed by atoms with Crippen LogP contribution in [-0.2, 0) is 17.6 Å². The maximum absolute atomic E-state index is 12.1. The van der Waals surface area contributed by atoms with Crippen LogP contribution in [0.1, 0.15) is 44.1 Å². The van der Waals surface area contributed by atoms with Crippen molar-refractivity contribution >= 4 is 17.4 Å². The van der Waals surface area contributed by atoms with Crippen molar-refractivity contribution in [2.24, 2.45) is 0 Å². The SMILES string of the molecule is CN(C(=O)OC(C)(C)C)C1CCc2ccsc2CC1. The second kappa shape index (κ2) is 5.53. The zero-order valence-electron chi connectivity index (χ0n) is 12.2. The Hall–Kier alpha value is -1.03. The van der Waals surface area contributed by atoms with E-state index in [-0.39, 0.29) is 12.1 Å². The van der Waals surface area contributed by atoms with E-state index in [1.807, 2.05) is 39.2 Å². The van der Waals surface area contributed by atoms with Crippen LogP contribution in [0.2, 0.25) is 0 Å². The largest absolute Gasteiger partial charge is 0.444 e. The number of hydrogen-bond acceptors (Lipinski definition) is 3. The molecule has 0 saturated heterocycles. The van der Waals surface area contributed by atoms with Gasteiger partial charge in [-0.05, 0) is 63.5 Å². The minimum absolute atomic E-state index is 0.206. The second-order valence-corrected chi connectivity index (χ2v) is 7.19. The molecule has 1 aromatic rings. The van der Waals surface area contributed by atoms with Gasteiger partial charge in [0, 0.05) is 18.0 Å². The van der Waals surface area contributed by atoms with Crippen LogP contribution in [0, 0.1) is 0 Å². The Bertz CT molecular complexity index is 425.